The molecular formula is C14H24BrN3O2. The number of hydrogen-bond acceptors (Lipinski definition) is 4. The Morgan fingerprint density at radius 2 is 2.25 bits per heavy atom. The molecule has 0 radical (unpaired) electrons. The maximum Gasteiger partial charge on any atom is 0.283 e. The van der Waals surface area contributed by atoms with Crippen molar-refractivity contribution < 1.29 is 4.74 Å². The third-order valence-electron chi connectivity index (χ3n) is 3.13. The number of hydrogen-bond donors (Lipinski definition) is 1. The lowest BCUT2D eigenvalue weighted by atomic mass is 10.1. The van der Waals surface area contributed by atoms with Crippen molar-refractivity contribution in [3.63, 3.8) is 0 Å². The first kappa shape index (κ1) is 17.2. The highest BCUT2D eigenvalue weighted by atomic mass is 79.9. The molecule has 1 heterocycles. The van der Waals surface area contributed by atoms with Crippen LogP contribution in [0.25, 0.3) is 0 Å². The van der Waals surface area contributed by atoms with Crippen LogP contribution < -0.4 is 10.9 Å². The molecule has 20 heavy (non-hydrogen) atoms. The van der Waals surface area contributed by atoms with Crippen LogP contribution in [0.1, 0.15) is 39.5 Å². The zero-order valence-electron chi connectivity index (χ0n) is 12.5. The molecule has 0 aliphatic rings. The Hall–Kier alpha value is -0.880. The van der Waals surface area contributed by atoms with E-state index in [0.717, 1.165) is 12.1 Å². The number of aromatic nitrogens is 2. The Morgan fingerprint density at radius 3 is 2.90 bits per heavy atom. The molecule has 0 amide bonds. The van der Waals surface area contributed by atoms with E-state index in [4.69, 9.17) is 4.74 Å². The molecule has 0 aliphatic heterocycles. The zero-order chi connectivity index (χ0) is 15.0. The van der Waals surface area contributed by atoms with Crippen LogP contribution in [0.2, 0.25) is 0 Å². The van der Waals surface area contributed by atoms with Crippen molar-refractivity contribution in [3.8, 4) is 0 Å². The minimum absolute atomic E-state index is 0.132. The van der Waals surface area contributed by atoms with Crippen LogP contribution in [0.3, 0.4) is 0 Å². The topological polar surface area (TPSA) is 56.1 Å². The Kier molecular flexibility index (Phi) is 7.84. The molecular weight excluding hydrogens is 322 g/mol. The van der Waals surface area contributed by atoms with Gasteiger partial charge in [-0.15, -0.1) is 0 Å². The summed E-state index contributed by atoms with van der Waals surface area (Å²) in [6, 6.07) is 0.328. The Balaban J connectivity index is 2.67. The highest BCUT2D eigenvalue weighted by Crippen LogP contribution is 2.18. The summed E-state index contributed by atoms with van der Waals surface area (Å²) < 4.78 is 6.90. The average molecular weight is 346 g/mol. The molecule has 0 saturated carbocycles. The van der Waals surface area contributed by atoms with Crippen LogP contribution in [0, 0.1) is 0 Å². The molecule has 0 aromatic carbocycles. The number of anilines is 1. The van der Waals surface area contributed by atoms with Gasteiger partial charge in [0.05, 0.1) is 25.0 Å². The van der Waals surface area contributed by atoms with Crippen molar-refractivity contribution in [1.82, 2.24) is 9.78 Å². The van der Waals surface area contributed by atoms with Gasteiger partial charge in [-0.25, -0.2) is 4.68 Å². The van der Waals surface area contributed by atoms with Crippen LogP contribution in [0.15, 0.2) is 15.5 Å². The van der Waals surface area contributed by atoms with Crippen LogP contribution in [0.4, 0.5) is 5.69 Å². The second-order valence-corrected chi connectivity index (χ2v) is 5.73. The number of halogens is 1. The number of ether oxygens (including phenoxy) is 1. The van der Waals surface area contributed by atoms with Crippen LogP contribution >= 0.6 is 15.9 Å². The van der Waals surface area contributed by atoms with E-state index in [2.05, 4.69) is 40.2 Å². The Labute approximate surface area is 128 Å². The van der Waals surface area contributed by atoms with Crippen molar-refractivity contribution in [2.24, 2.45) is 0 Å². The zero-order valence-corrected chi connectivity index (χ0v) is 14.1. The molecule has 0 aliphatic carbocycles. The molecule has 1 rings (SSSR count). The van der Waals surface area contributed by atoms with Gasteiger partial charge in [-0.3, -0.25) is 4.79 Å². The molecule has 6 heteroatoms. The third-order valence-corrected chi connectivity index (χ3v) is 3.90. The summed E-state index contributed by atoms with van der Waals surface area (Å²) in [5.41, 5.74) is 0.625. The average Bonchev–Trinajstić information content (AvgIpc) is 2.43. The van der Waals surface area contributed by atoms with Crippen molar-refractivity contribution in [2.45, 2.75) is 52.1 Å². The maximum atomic E-state index is 12.1. The molecule has 1 aromatic heterocycles. The van der Waals surface area contributed by atoms with Gasteiger partial charge in [-0.2, -0.15) is 5.10 Å². The van der Waals surface area contributed by atoms with Gasteiger partial charge in [0.1, 0.15) is 4.47 Å². The minimum atomic E-state index is -0.132. The number of nitrogens with one attached hydrogen (secondary N) is 1. The monoisotopic (exact) mass is 345 g/mol. The van der Waals surface area contributed by atoms with Gasteiger partial charge in [0.2, 0.25) is 0 Å². The Bertz CT molecular complexity index is 462. The van der Waals surface area contributed by atoms with Gasteiger partial charge in [0, 0.05) is 13.2 Å². The SMILES string of the molecule is CCCCCC(C)Nc1cnn(CCOC)c(=O)c1Br. The van der Waals surface area contributed by atoms with Gasteiger partial charge in [-0.05, 0) is 29.3 Å². The maximum absolute atomic E-state index is 12.1. The van der Waals surface area contributed by atoms with Gasteiger partial charge in [-0.1, -0.05) is 26.2 Å². The van der Waals surface area contributed by atoms with Crippen molar-refractivity contribution in [2.75, 3.05) is 19.0 Å². The predicted molar refractivity (Wildman–Crippen MR) is 85.3 cm³/mol. The summed E-state index contributed by atoms with van der Waals surface area (Å²) in [5.74, 6) is 0. The number of rotatable bonds is 9. The fourth-order valence-electron chi connectivity index (χ4n) is 1.94. The van der Waals surface area contributed by atoms with E-state index in [1.54, 1.807) is 13.3 Å². The second kappa shape index (κ2) is 9.13. The Morgan fingerprint density at radius 1 is 1.50 bits per heavy atom. The lowest BCUT2D eigenvalue weighted by Crippen LogP contribution is -2.27. The summed E-state index contributed by atoms with van der Waals surface area (Å²) >= 11 is 3.36. The molecule has 5 nitrogen and oxygen atoms in total. The van der Waals surface area contributed by atoms with Gasteiger partial charge >= 0.3 is 0 Å². The summed E-state index contributed by atoms with van der Waals surface area (Å²) in [4.78, 5) is 12.1. The number of unbranched alkanes of at least 4 members (excludes halogenated alkanes) is 2. The van der Waals surface area contributed by atoms with Crippen LogP contribution in [-0.2, 0) is 11.3 Å². The molecule has 0 saturated heterocycles. The molecule has 114 valence electrons. The van der Waals surface area contributed by atoms with E-state index >= 15 is 0 Å². The first-order valence-electron chi connectivity index (χ1n) is 7.11. The normalized spacial score (nSPS) is 12.4. The van der Waals surface area contributed by atoms with E-state index in [-0.39, 0.29) is 5.56 Å². The minimum Gasteiger partial charge on any atom is -0.383 e. The fraction of sp³-hybridized carbons (Fsp3) is 0.714. The predicted octanol–water partition coefficient (Wildman–Crippen LogP) is 3.03. The first-order valence-corrected chi connectivity index (χ1v) is 7.90. The fourth-order valence-corrected chi connectivity index (χ4v) is 2.36. The lowest BCUT2D eigenvalue weighted by Gasteiger charge is -2.16. The van der Waals surface area contributed by atoms with E-state index in [1.165, 1.54) is 23.9 Å². The highest BCUT2D eigenvalue weighted by molar-refractivity contribution is 9.10. The summed E-state index contributed by atoms with van der Waals surface area (Å²) in [7, 11) is 1.61. The molecule has 1 atom stereocenters. The summed E-state index contributed by atoms with van der Waals surface area (Å²) in [5, 5.41) is 7.50. The lowest BCUT2D eigenvalue weighted by molar-refractivity contribution is 0.181. The smallest absolute Gasteiger partial charge is 0.283 e. The van der Waals surface area contributed by atoms with Gasteiger partial charge in [0.15, 0.2) is 0 Å². The van der Waals surface area contributed by atoms with E-state index in [0.29, 0.717) is 23.7 Å². The summed E-state index contributed by atoms with van der Waals surface area (Å²) in [6.45, 7) is 5.25. The van der Waals surface area contributed by atoms with Gasteiger partial charge in [0.25, 0.3) is 5.56 Å². The van der Waals surface area contributed by atoms with Crippen LogP contribution in [0.5, 0.6) is 0 Å². The third kappa shape index (κ3) is 5.25. The van der Waals surface area contributed by atoms with Crippen molar-refractivity contribution >= 4 is 21.6 Å². The molecule has 0 fully saturated rings. The largest absolute Gasteiger partial charge is 0.383 e. The van der Waals surface area contributed by atoms with E-state index in [1.807, 2.05) is 0 Å². The van der Waals surface area contributed by atoms with E-state index in [9.17, 15) is 4.79 Å². The molecule has 0 spiro atoms. The molecule has 0 bridgehead atoms. The molecule has 1 aromatic rings. The van der Waals surface area contributed by atoms with Crippen LogP contribution in [-0.4, -0.2) is 29.5 Å². The molecule has 1 unspecified atom stereocenters. The van der Waals surface area contributed by atoms with E-state index < -0.39 is 0 Å². The van der Waals surface area contributed by atoms with Crippen molar-refractivity contribution in [1.29, 1.82) is 0 Å². The molecule has 1 N–H and O–H groups in total. The second-order valence-electron chi connectivity index (χ2n) is 4.93. The van der Waals surface area contributed by atoms with Gasteiger partial charge < -0.3 is 10.1 Å². The number of methoxy groups -OCH3 is 1. The van der Waals surface area contributed by atoms with Crippen molar-refractivity contribution in [3.05, 3.63) is 21.0 Å². The standard InChI is InChI=1S/C14H24BrN3O2/c1-4-5-6-7-11(2)17-12-10-16-18(8-9-20-3)14(19)13(12)15/h10-11,17H,4-9H2,1-3H3. The summed E-state index contributed by atoms with van der Waals surface area (Å²) in [6.07, 6.45) is 6.43. The quantitative estimate of drug-likeness (QED) is 0.699. The highest BCUT2D eigenvalue weighted by Gasteiger charge is 2.10. The number of nitrogens with zero attached hydrogens (tertiary/aromatic N) is 2. The first-order chi connectivity index (χ1) is 9.60.